The molecule has 0 heterocycles. The molecule has 0 bridgehead atoms. The van der Waals surface area contributed by atoms with Crippen LogP contribution in [0.25, 0.3) is 0 Å². The summed E-state index contributed by atoms with van der Waals surface area (Å²) in [5, 5.41) is 0. The molecular weight excluding hydrogens is 273 g/mol. The molecule has 1 aromatic carbocycles. The van der Waals surface area contributed by atoms with Crippen molar-refractivity contribution in [1.82, 2.24) is 0 Å². The number of hydrogen-bond acceptors (Lipinski definition) is 2. The van der Waals surface area contributed by atoms with Crippen LogP contribution in [0.2, 0.25) is 0 Å². The Kier molecular flexibility index (Phi) is 7.19. The second-order valence-corrected chi connectivity index (χ2v) is 2.93. The van der Waals surface area contributed by atoms with Gasteiger partial charge in [0.1, 0.15) is 17.4 Å². The molecule has 0 unspecified atom stereocenters. The number of benzene rings is 1. The standard InChI is InChI=1S/C8H7BF5O2.K/c1-15-4-16-7-3-5(10)2-6(11)8(7)9(12,13)14;/h2-3H,4H2,1H3;/q-1;+1. The fourth-order valence-corrected chi connectivity index (χ4v) is 1.12. The molecule has 0 N–H and O–H groups in total. The zero-order chi connectivity index (χ0) is 12.3. The van der Waals surface area contributed by atoms with Gasteiger partial charge < -0.3 is 22.4 Å². The van der Waals surface area contributed by atoms with Crippen LogP contribution in [0.3, 0.4) is 0 Å². The first-order valence-corrected chi connectivity index (χ1v) is 4.17. The third-order valence-electron chi connectivity index (χ3n) is 1.72. The van der Waals surface area contributed by atoms with Crippen molar-refractivity contribution in [2.24, 2.45) is 0 Å². The van der Waals surface area contributed by atoms with E-state index < -0.39 is 36.6 Å². The van der Waals surface area contributed by atoms with Crippen LogP contribution in [-0.4, -0.2) is 20.9 Å². The Morgan fingerprint density at radius 1 is 1.18 bits per heavy atom. The third-order valence-corrected chi connectivity index (χ3v) is 1.72. The van der Waals surface area contributed by atoms with Gasteiger partial charge in [0.2, 0.25) is 0 Å². The van der Waals surface area contributed by atoms with E-state index in [1.807, 2.05) is 0 Å². The summed E-state index contributed by atoms with van der Waals surface area (Å²) in [5.41, 5.74) is -1.58. The maximum Gasteiger partial charge on any atom is 1.00 e. The van der Waals surface area contributed by atoms with E-state index in [4.69, 9.17) is 0 Å². The molecule has 0 fully saturated rings. The summed E-state index contributed by atoms with van der Waals surface area (Å²) in [6.45, 7) is -6.14. The van der Waals surface area contributed by atoms with Crippen molar-refractivity contribution < 1.29 is 82.6 Å². The Morgan fingerprint density at radius 3 is 2.24 bits per heavy atom. The molecule has 90 valence electrons. The molecular formula is C8H7BF5KO2. The topological polar surface area (TPSA) is 18.5 Å². The van der Waals surface area contributed by atoms with Gasteiger partial charge in [-0.3, -0.25) is 0 Å². The van der Waals surface area contributed by atoms with Gasteiger partial charge in [-0.25, -0.2) is 8.78 Å². The van der Waals surface area contributed by atoms with Crippen LogP contribution in [0.4, 0.5) is 21.7 Å². The van der Waals surface area contributed by atoms with Crippen LogP contribution in [0.15, 0.2) is 12.1 Å². The molecule has 0 saturated heterocycles. The monoisotopic (exact) mass is 280 g/mol. The molecule has 0 radical (unpaired) electrons. The second-order valence-electron chi connectivity index (χ2n) is 2.93. The average Bonchev–Trinajstić information content (AvgIpc) is 2.10. The Bertz CT molecular complexity index is 385. The van der Waals surface area contributed by atoms with Crippen LogP contribution in [0, 0.1) is 11.6 Å². The number of rotatable bonds is 4. The molecule has 0 aliphatic heterocycles. The SMILES string of the molecule is COCOc1cc(F)cc(F)c1[B-](F)(F)F.[K+]. The summed E-state index contributed by atoms with van der Waals surface area (Å²) in [5.74, 6) is -3.75. The summed E-state index contributed by atoms with van der Waals surface area (Å²) in [6, 6.07) is 0.622. The number of methoxy groups -OCH3 is 1. The molecule has 0 saturated carbocycles. The summed E-state index contributed by atoms with van der Waals surface area (Å²) in [4.78, 5) is 0. The quantitative estimate of drug-likeness (QED) is 0.400. The van der Waals surface area contributed by atoms with E-state index in [9.17, 15) is 21.7 Å². The van der Waals surface area contributed by atoms with Gasteiger partial charge in [-0.2, -0.15) is 0 Å². The maximum absolute atomic E-state index is 13.0. The van der Waals surface area contributed by atoms with Gasteiger partial charge in [0.05, 0.1) is 0 Å². The van der Waals surface area contributed by atoms with E-state index in [1.165, 1.54) is 7.11 Å². The minimum absolute atomic E-state index is 0. The molecule has 0 aliphatic carbocycles. The van der Waals surface area contributed by atoms with Gasteiger partial charge in [0, 0.05) is 19.2 Å². The average molecular weight is 280 g/mol. The second kappa shape index (κ2) is 7.05. The number of hydrogen-bond donors (Lipinski definition) is 0. The Morgan fingerprint density at radius 2 is 1.76 bits per heavy atom. The summed E-state index contributed by atoms with van der Waals surface area (Å²) < 4.78 is 71.8. The largest absolute Gasteiger partial charge is 1.00 e. The molecule has 0 amide bonds. The van der Waals surface area contributed by atoms with E-state index in [1.54, 1.807) is 0 Å². The molecule has 17 heavy (non-hydrogen) atoms. The number of halogens is 5. The van der Waals surface area contributed by atoms with Gasteiger partial charge in [-0.1, -0.05) is 0 Å². The normalized spacial score (nSPS) is 10.9. The molecule has 2 nitrogen and oxygen atoms in total. The predicted molar refractivity (Wildman–Crippen MR) is 47.6 cm³/mol. The van der Waals surface area contributed by atoms with Crippen molar-refractivity contribution in [3.63, 3.8) is 0 Å². The van der Waals surface area contributed by atoms with Crippen LogP contribution in [0.5, 0.6) is 5.75 Å². The van der Waals surface area contributed by atoms with Crippen molar-refractivity contribution in [2.75, 3.05) is 13.9 Å². The molecule has 0 atom stereocenters. The summed E-state index contributed by atoms with van der Waals surface area (Å²) >= 11 is 0. The smallest absolute Gasteiger partial charge is 0.470 e. The van der Waals surface area contributed by atoms with Gasteiger partial charge in [-0.15, -0.1) is 0 Å². The molecule has 1 aromatic rings. The minimum atomic E-state index is -5.61. The van der Waals surface area contributed by atoms with E-state index >= 15 is 0 Å². The van der Waals surface area contributed by atoms with E-state index in [0.717, 1.165) is 0 Å². The number of ether oxygens (including phenoxy) is 2. The zero-order valence-corrected chi connectivity index (χ0v) is 12.3. The molecule has 0 spiro atoms. The van der Waals surface area contributed by atoms with E-state index in [-0.39, 0.29) is 57.5 Å². The predicted octanol–water partition coefficient (Wildman–Crippen LogP) is -0.994. The third kappa shape index (κ3) is 4.84. The summed E-state index contributed by atoms with van der Waals surface area (Å²) in [7, 11) is 1.17. The van der Waals surface area contributed by atoms with Crippen LogP contribution in [-0.2, 0) is 4.74 Å². The molecule has 0 aliphatic rings. The van der Waals surface area contributed by atoms with Crippen molar-refractivity contribution in [1.29, 1.82) is 0 Å². The van der Waals surface area contributed by atoms with E-state index in [0.29, 0.717) is 6.07 Å². The van der Waals surface area contributed by atoms with Gasteiger partial charge >= 0.3 is 58.4 Å². The van der Waals surface area contributed by atoms with Crippen molar-refractivity contribution in [3.8, 4) is 5.75 Å². The maximum atomic E-state index is 13.0. The van der Waals surface area contributed by atoms with Gasteiger partial charge in [0.15, 0.2) is 6.79 Å². The first kappa shape index (κ1) is 17.3. The molecule has 0 aromatic heterocycles. The zero-order valence-electron chi connectivity index (χ0n) is 9.15. The summed E-state index contributed by atoms with van der Waals surface area (Å²) in [6.07, 6.45) is 0. The van der Waals surface area contributed by atoms with Crippen LogP contribution >= 0.6 is 0 Å². The Balaban J connectivity index is 0.00000256. The van der Waals surface area contributed by atoms with Crippen LogP contribution < -0.4 is 61.6 Å². The van der Waals surface area contributed by atoms with Gasteiger partial charge in [0.25, 0.3) is 0 Å². The molecule has 1 rings (SSSR count). The van der Waals surface area contributed by atoms with E-state index in [2.05, 4.69) is 9.47 Å². The van der Waals surface area contributed by atoms with Gasteiger partial charge in [-0.05, 0) is 5.46 Å². The fraction of sp³-hybridized carbons (Fsp3) is 0.250. The minimum Gasteiger partial charge on any atom is -0.470 e. The fourth-order valence-electron chi connectivity index (χ4n) is 1.12. The van der Waals surface area contributed by atoms with Crippen molar-refractivity contribution >= 4 is 12.4 Å². The van der Waals surface area contributed by atoms with Crippen molar-refractivity contribution in [3.05, 3.63) is 23.8 Å². The van der Waals surface area contributed by atoms with Crippen LogP contribution in [0.1, 0.15) is 0 Å². The van der Waals surface area contributed by atoms with Crippen molar-refractivity contribution in [2.45, 2.75) is 0 Å². The Hall–Kier alpha value is 0.331. The molecule has 9 heteroatoms. The first-order valence-electron chi connectivity index (χ1n) is 4.17. The first-order chi connectivity index (χ1) is 7.36. The Labute approximate surface area is 137 Å².